The number of rotatable bonds is 0. The summed E-state index contributed by atoms with van der Waals surface area (Å²) in [4.78, 5) is 0. The standard InChI is InChI=1S/C6H9BrN2S/c1-6(2,3)4-5(7)10-9-8-4/h1-3H3. The number of hydrogen-bond donors (Lipinski definition) is 0. The van der Waals surface area contributed by atoms with Crippen molar-refractivity contribution in [2.24, 2.45) is 0 Å². The molecule has 0 atom stereocenters. The Bertz CT molecular complexity index is 226. The van der Waals surface area contributed by atoms with Gasteiger partial charge in [0.2, 0.25) is 0 Å². The first kappa shape index (κ1) is 8.14. The Morgan fingerprint density at radius 2 is 2.00 bits per heavy atom. The Hall–Kier alpha value is 0.0400. The lowest BCUT2D eigenvalue weighted by atomic mass is 9.94. The topological polar surface area (TPSA) is 25.8 Å². The number of nitrogens with zero attached hydrogens (tertiary/aromatic N) is 2. The van der Waals surface area contributed by atoms with Crippen LogP contribution in [0.15, 0.2) is 3.79 Å². The van der Waals surface area contributed by atoms with E-state index in [-0.39, 0.29) is 5.41 Å². The van der Waals surface area contributed by atoms with E-state index in [1.165, 1.54) is 11.5 Å². The first-order valence-corrected chi connectivity index (χ1v) is 4.57. The van der Waals surface area contributed by atoms with Crippen molar-refractivity contribution in [1.29, 1.82) is 0 Å². The van der Waals surface area contributed by atoms with Crippen molar-refractivity contribution >= 4 is 27.5 Å². The Morgan fingerprint density at radius 1 is 1.40 bits per heavy atom. The summed E-state index contributed by atoms with van der Waals surface area (Å²) in [5, 5.41) is 4.01. The quantitative estimate of drug-likeness (QED) is 0.672. The first-order valence-electron chi connectivity index (χ1n) is 3.00. The van der Waals surface area contributed by atoms with E-state index in [1.807, 2.05) is 0 Å². The third kappa shape index (κ3) is 1.55. The maximum Gasteiger partial charge on any atom is 0.115 e. The van der Waals surface area contributed by atoms with Crippen LogP contribution in [0.3, 0.4) is 0 Å². The molecule has 10 heavy (non-hydrogen) atoms. The van der Waals surface area contributed by atoms with Crippen LogP contribution in [0.1, 0.15) is 26.5 Å². The molecule has 0 N–H and O–H groups in total. The fourth-order valence-corrected chi connectivity index (χ4v) is 2.12. The predicted octanol–water partition coefficient (Wildman–Crippen LogP) is 2.60. The van der Waals surface area contributed by atoms with Crippen LogP contribution in [0.5, 0.6) is 0 Å². The normalized spacial score (nSPS) is 12.0. The molecule has 1 aromatic heterocycles. The molecule has 56 valence electrons. The van der Waals surface area contributed by atoms with Crippen LogP contribution >= 0.6 is 27.5 Å². The van der Waals surface area contributed by atoms with Gasteiger partial charge in [0.25, 0.3) is 0 Å². The van der Waals surface area contributed by atoms with E-state index in [0.717, 1.165) is 9.48 Å². The molecule has 0 aromatic carbocycles. The second-order valence-corrected chi connectivity index (χ2v) is 5.22. The molecule has 1 heterocycles. The van der Waals surface area contributed by atoms with E-state index in [2.05, 4.69) is 46.3 Å². The van der Waals surface area contributed by atoms with E-state index < -0.39 is 0 Å². The Kier molecular flexibility index (Phi) is 2.10. The van der Waals surface area contributed by atoms with Gasteiger partial charge in [0, 0.05) is 5.41 Å². The summed E-state index contributed by atoms with van der Waals surface area (Å²) in [5.41, 5.74) is 1.14. The predicted molar refractivity (Wildman–Crippen MR) is 46.3 cm³/mol. The summed E-state index contributed by atoms with van der Waals surface area (Å²) in [6, 6.07) is 0. The van der Waals surface area contributed by atoms with Crippen molar-refractivity contribution in [1.82, 2.24) is 9.59 Å². The highest BCUT2D eigenvalue weighted by molar-refractivity contribution is 9.11. The zero-order valence-corrected chi connectivity index (χ0v) is 8.58. The summed E-state index contributed by atoms with van der Waals surface area (Å²) in [5.74, 6) is 0. The van der Waals surface area contributed by atoms with E-state index in [1.54, 1.807) is 0 Å². The second-order valence-electron chi connectivity index (χ2n) is 3.15. The molecule has 0 spiro atoms. The Balaban J connectivity index is 3.05. The van der Waals surface area contributed by atoms with Crippen molar-refractivity contribution in [3.8, 4) is 0 Å². The summed E-state index contributed by atoms with van der Waals surface area (Å²) in [6.45, 7) is 6.36. The van der Waals surface area contributed by atoms with Gasteiger partial charge in [-0.25, -0.2) is 0 Å². The highest BCUT2D eigenvalue weighted by Crippen LogP contribution is 2.29. The van der Waals surface area contributed by atoms with Crippen molar-refractivity contribution in [2.45, 2.75) is 26.2 Å². The molecular weight excluding hydrogens is 212 g/mol. The third-order valence-corrected chi connectivity index (χ3v) is 2.49. The van der Waals surface area contributed by atoms with Gasteiger partial charge >= 0.3 is 0 Å². The molecule has 0 aliphatic rings. The molecule has 0 unspecified atom stereocenters. The minimum absolute atomic E-state index is 0.103. The van der Waals surface area contributed by atoms with Gasteiger partial charge in [0.05, 0.1) is 5.69 Å². The van der Waals surface area contributed by atoms with Crippen LogP contribution in [0.2, 0.25) is 0 Å². The number of halogens is 1. The molecular formula is C6H9BrN2S. The molecule has 0 bridgehead atoms. The molecule has 0 aliphatic carbocycles. The third-order valence-electron chi connectivity index (χ3n) is 1.16. The Morgan fingerprint density at radius 3 is 2.20 bits per heavy atom. The molecule has 1 rings (SSSR count). The average molecular weight is 221 g/mol. The van der Waals surface area contributed by atoms with E-state index in [0.29, 0.717) is 0 Å². The summed E-state index contributed by atoms with van der Waals surface area (Å²) < 4.78 is 4.87. The molecule has 0 saturated carbocycles. The fraction of sp³-hybridized carbons (Fsp3) is 0.667. The molecule has 0 fully saturated rings. The second kappa shape index (κ2) is 2.58. The lowest BCUT2D eigenvalue weighted by Crippen LogP contribution is -2.12. The monoisotopic (exact) mass is 220 g/mol. The van der Waals surface area contributed by atoms with Crippen molar-refractivity contribution in [3.63, 3.8) is 0 Å². The minimum Gasteiger partial charge on any atom is -0.141 e. The maximum absolute atomic E-state index is 4.01. The van der Waals surface area contributed by atoms with E-state index in [4.69, 9.17) is 0 Å². The van der Waals surface area contributed by atoms with Crippen LogP contribution in [-0.2, 0) is 5.41 Å². The SMILES string of the molecule is CC(C)(C)c1nnsc1Br. The molecule has 2 nitrogen and oxygen atoms in total. The lowest BCUT2D eigenvalue weighted by Gasteiger charge is -2.13. The molecule has 0 amide bonds. The largest absolute Gasteiger partial charge is 0.141 e. The van der Waals surface area contributed by atoms with Crippen LogP contribution in [-0.4, -0.2) is 9.59 Å². The summed E-state index contributed by atoms with van der Waals surface area (Å²) in [6.07, 6.45) is 0. The van der Waals surface area contributed by atoms with Gasteiger partial charge in [0.15, 0.2) is 0 Å². The maximum atomic E-state index is 4.01. The number of aromatic nitrogens is 2. The molecule has 1 aromatic rings. The van der Waals surface area contributed by atoms with Gasteiger partial charge < -0.3 is 0 Å². The molecule has 0 aliphatic heterocycles. The van der Waals surface area contributed by atoms with Crippen LogP contribution < -0.4 is 0 Å². The van der Waals surface area contributed by atoms with Crippen LogP contribution in [0.4, 0.5) is 0 Å². The van der Waals surface area contributed by atoms with Gasteiger partial charge in [-0.3, -0.25) is 0 Å². The van der Waals surface area contributed by atoms with E-state index in [9.17, 15) is 0 Å². The van der Waals surface area contributed by atoms with Crippen molar-refractivity contribution in [3.05, 3.63) is 9.48 Å². The van der Waals surface area contributed by atoms with Gasteiger partial charge in [-0.05, 0) is 27.5 Å². The summed E-state index contributed by atoms with van der Waals surface area (Å²) in [7, 11) is 0. The fourth-order valence-electron chi connectivity index (χ4n) is 0.624. The highest BCUT2D eigenvalue weighted by Gasteiger charge is 2.20. The highest BCUT2D eigenvalue weighted by atomic mass is 79.9. The van der Waals surface area contributed by atoms with Crippen molar-refractivity contribution in [2.75, 3.05) is 0 Å². The van der Waals surface area contributed by atoms with Gasteiger partial charge in [-0.1, -0.05) is 25.3 Å². The van der Waals surface area contributed by atoms with Gasteiger partial charge in [0.1, 0.15) is 3.79 Å². The van der Waals surface area contributed by atoms with E-state index >= 15 is 0 Å². The zero-order valence-electron chi connectivity index (χ0n) is 6.18. The van der Waals surface area contributed by atoms with Gasteiger partial charge in [-0.15, -0.1) is 5.10 Å². The van der Waals surface area contributed by atoms with Gasteiger partial charge in [-0.2, -0.15) is 0 Å². The lowest BCUT2D eigenvalue weighted by molar-refractivity contribution is 0.564. The molecule has 4 heteroatoms. The molecule has 0 saturated heterocycles. The molecule has 0 radical (unpaired) electrons. The number of hydrogen-bond acceptors (Lipinski definition) is 3. The average Bonchev–Trinajstić information content (AvgIpc) is 2.11. The van der Waals surface area contributed by atoms with Crippen LogP contribution in [0, 0.1) is 0 Å². The van der Waals surface area contributed by atoms with Crippen molar-refractivity contribution < 1.29 is 0 Å². The Labute approximate surface area is 72.9 Å². The smallest absolute Gasteiger partial charge is 0.115 e. The van der Waals surface area contributed by atoms with Crippen LogP contribution in [0.25, 0.3) is 0 Å². The minimum atomic E-state index is 0.103. The first-order chi connectivity index (χ1) is 4.52. The summed E-state index contributed by atoms with van der Waals surface area (Å²) >= 11 is 4.78. The zero-order chi connectivity index (χ0) is 7.78.